The maximum atomic E-state index is 15.0. The number of carbonyl (C=O) groups excluding carboxylic acids is 1. The average Bonchev–Trinajstić information content (AvgIpc) is 3.62. The smallest absolute Gasteiger partial charge is 0.270 e. The summed E-state index contributed by atoms with van der Waals surface area (Å²) in [5.41, 5.74) is 2.26. The summed E-state index contributed by atoms with van der Waals surface area (Å²) in [6, 6.07) is 8.57. The normalized spacial score (nSPS) is 16.6. The van der Waals surface area contributed by atoms with Crippen molar-refractivity contribution in [1.82, 2.24) is 20.2 Å². The third-order valence-electron chi connectivity index (χ3n) is 6.25. The lowest BCUT2D eigenvalue weighted by atomic mass is 9.99. The van der Waals surface area contributed by atoms with Crippen molar-refractivity contribution in [2.75, 3.05) is 13.1 Å². The van der Waals surface area contributed by atoms with E-state index in [1.807, 2.05) is 12.1 Å². The fourth-order valence-corrected chi connectivity index (χ4v) is 4.14. The zero-order valence-electron chi connectivity index (χ0n) is 18.3. The molecule has 0 atom stereocenters. The molecule has 0 spiro atoms. The molecule has 170 valence electrons. The quantitative estimate of drug-likeness (QED) is 0.582. The Bertz CT molecular complexity index is 1340. The van der Waals surface area contributed by atoms with Gasteiger partial charge in [0.15, 0.2) is 5.82 Å². The van der Waals surface area contributed by atoms with E-state index in [2.05, 4.69) is 20.2 Å². The highest BCUT2D eigenvalue weighted by atomic mass is 19.1. The first-order valence-electron chi connectivity index (χ1n) is 11.1. The van der Waals surface area contributed by atoms with Crippen molar-refractivity contribution in [1.29, 1.82) is 0 Å². The second kappa shape index (κ2) is 8.51. The Morgan fingerprint density at radius 1 is 1.24 bits per heavy atom. The van der Waals surface area contributed by atoms with E-state index in [0.717, 1.165) is 18.4 Å². The number of rotatable bonds is 5. The lowest BCUT2D eigenvalue weighted by molar-refractivity contribution is 0.0945. The van der Waals surface area contributed by atoms with Crippen molar-refractivity contribution in [2.24, 2.45) is 0 Å². The van der Waals surface area contributed by atoms with Crippen LogP contribution in [0, 0.1) is 18.7 Å². The fraction of sp³-hybridized carbons (Fsp3) is 0.320. The Labute approximate surface area is 189 Å². The first kappa shape index (κ1) is 21.5. The minimum atomic E-state index is -0.655. The van der Waals surface area contributed by atoms with Gasteiger partial charge in [0.2, 0.25) is 5.95 Å². The maximum Gasteiger partial charge on any atom is 0.270 e. The fourth-order valence-electron chi connectivity index (χ4n) is 4.14. The molecule has 33 heavy (non-hydrogen) atoms. The second-order valence-corrected chi connectivity index (χ2v) is 8.78. The van der Waals surface area contributed by atoms with E-state index < -0.39 is 11.8 Å². The SMILES string of the molecule is Cc1cc2ccc(CN3CC=C(c4ccc(C(=O)NC5CC5)nc4F)CC3)c(F)c2[nH]c1=O. The van der Waals surface area contributed by atoms with Crippen LogP contribution in [0.4, 0.5) is 8.78 Å². The van der Waals surface area contributed by atoms with Crippen molar-refractivity contribution < 1.29 is 13.6 Å². The van der Waals surface area contributed by atoms with Crippen molar-refractivity contribution in [3.05, 3.63) is 80.9 Å². The molecule has 0 unspecified atom stereocenters. The van der Waals surface area contributed by atoms with Gasteiger partial charge in [0.05, 0.1) is 5.52 Å². The van der Waals surface area contributed by atoms with Crippen LogP contribution in [0.5, 0.6) is 0 Å². The van der Waals surface area contributed by atoms with E-state index in [4.69, 9.17) is 0 Å². The predicted molar refractivity (Wildman–Crippen MR) is 122 cm³/mol. The number of nitrogens with zero attached hydrogens (tertiary/aromatic N) is 2. The van der Waals surface area contributed by atoms with Gasteiger partial charge in [-0.3, -0.25) is 14.5 Å². The molecule has 2 aromatic heterocycles. The number of fused-ring (bicyclic) bond motifs is 1. The number of halogens is 2. The highest BCUT2D eigenvalue weighted by Crippen LogP contribution is 2.27. The summed E-state index contributed by atoms with van der Waals surface area (Å²) >= 11 is 0. The van der Waals surface area contributed by atoms with Crippen molar-refractivity contribution >= 4 is 22.4 Å². The van der Waals surface area contributed by atoms with Gasteiger partial charge in [-0.1, -0.05) is 18.2 Å². The molecule has 1 fully saturated rings. The number of amides is 1. The minimum Gasteiger partial charge on any atom is -0.348 e. The Hall–Kier alpha value is -3.39. The molecule has 1 aliphatic heterocycles. The number of nitrogens with one attached hydrogen (secondary N) is 2. The Morgan fingerprint density at radius 3 is 2.76 bits per heavy atom. The molecular formula is C25H24F2N4O2. The largest absolute Gasteiger partial charge is 0.348 e. The molecule has 1 aromatic carbocycles. The van der Waals surface area contributed by atoms with Crippen LogP contribution in [0.3, 0.4) is 0 Å². The molecule has 1 saturated carbocycles. The first-order valence-corrected chi connectivity index (χ1v) is 11.1. The molecular weight excluding hydrogens is 426 g/mol. The number of carbonyl (C=O) groups is 1. The molecule has 2 aliphatic rings. The molecule has 8 heteroatoms. The van der Waals surface area contributed by atoms with Gasteiger partial charge in [-0.05, 0) is 50.0 Å². The van der Waals surface area contributed by atoms with E-state index >= 15 is 4.39 Å². The molecule has 1 amide bonds. The van der Waals surface area contributed by atoms with E-state index in [9.17, 15) is 14.0 Å². The first-order chi connectivity index (χ1) is 15.9. The Morgan fingerprint density at radius 2 is 2.06 bits per heavy atom. The van der Waals surface area contributed by atoms with Crippen LogP contribution in [-0.2, 0) is 6.54 Å². The summed E-state index contributed by atoms with van der Waals surface area (Å²) in [7, 11) is 0. The summed E-state index contributed by atoms with van der Waals surface area (Å²) in [4.78, 5) is 32.5. The molecule has 0 radical (unpaired) electrons. The van der Waals surface area contributed by atoms with Crippen molar-refractivity contribution in [2.45, 2.75) is 38.8 Å². The number of pyridine rings is 2. The van der Waals surface area contributed by atoms with Crippen LogP contribution in [0.1, 0.15) is 46.4 Å². The van der Waals surface area contributed by atoms with Gasteiger partial charge in [0.1, 0.15) is 5.69 Å². The van der Waals surface area contributed by atoms with E-state index in [1.165, 1.54) is 0 Å². The molecule has 3 aromatic rings. The average molecular weight is 450 g/mol. The number of H-pyrrole nitrogens is 1. The molecule has 0 saturated heterocycles. The predicted octanol–water partition coefficient (Wildman–Crippen LogP) is 3.69. The number of benzene rings is 1. The van der Waals surface area contributed by atoms with E-state index in [0.29, 0.717) is 48.1 Å². The van der Waals surface area contributed by atoms with Gasteiger partial charge in [-0.2, -0.15) is 4.39 Å². The zero-order valence-corrected chi connectivity index (χ0v) is 18.3. The second-order valence-electron chi connectivity index (χ2n) is 8.78. The number of aryl methyl sites for hydroxylation is 1. The van der Waals surface area contributed by atoms with Gasteiger partial charge in [0, 0.05) is 47.8 Å². The summed E-state index contributed by atoms with van der Waals surface area (Å²) in [6.07, 6.45) is 4.40. The van der Waals surface area contributed by atoms with Gasteiger partial charge in [0.25, 0.3) is 11.5 Å². The third-order valence-corrected chi connectivity index (χ3v) is 6.25. The zero-order chi connectivity index (χ0) is 23.1. The van der Waals surface area contributed by atoms with Crippen LogP contribution in [0.15, 0.2) is 41.2 Å². The van der Waals surface area contributed by atoms with Crippen LogP contribution < -0.4 is 10.9 Å². The Balaban J connectivity index is 1.29. The summed E-state index contributed by atoms with van der Waals surface area (Å²) in [6.45, 7) is 3.22. The number of hydrogen-bond acceptors (Lipinski definition) is 4. The van der Waals surface area contributed by atoms with Gasteiger partial charge in [-0.15, -0.1) is 0 Å². The monoisotopic (exact) mass is 450 g/mol. The lowest BCUT2D eigenvalue weighted by Gasteiger charge is -2.27. The van der Waals surface area contributed by atoms with Crippen LogP contribution in [0.2, 0.25) is 0 Å². The molecule has 0 bridgehead atoms. The van der Waals surface area contributed by atoms with Gasteiger partial charge >= 0.3 is 0 Å². The summed E-state index contributed by atoms with van der Waals surface area (Å²) in [5, 5.41) is 3.47. The highest BCUT2D eigenvalue weighted by Gasteiger charge is 2.25. The van der Waals surface area contributed by atoms with Crippen molar-refractivity contribution in [3.63, 3.8) is 0 Å². The van der Waals surface area contributed by atoms with Gasteiger partial charge < -0.3 is 10.3 Å². The number of aromatic amines is 1. The third kappa shape index (κ3) is 4.43. The van der Waals surface area contributed by atoms with E-state index in [1.54, 1.807) is 31.2 Å². The van der Waals surface area contributed by atoms with Crippen molar-refractivity contribution in [3.8, 4) is 0 Å². The standard InChI is InChI=1S/C25H24F2N4O2/c1-14-12-16-2-3-17(21(26)22(16)30-24(14)32)13-31-10-8-15(9-11-31)19-6-7-20(29-23(19)27)25(33)28-18-4-5-18/h2-3,6-8,12,18H,4-5,9-11,13H2,1H3,(H,28,33)(H,30,32). The van der Waals surface area contributed by atoms with Gasteiger partial charge in [-0.25, -0.2) is 9.37 Å². The molecule has 1 aliphatic carbocycles. The molecule has 6 nitrogen and oxygen atoms in total. The van der Waals surface area contributed by atoms with Crippen LogP contribution >= 0.6 is 0 Å². The number of aromatic nitrogens is 2. The van der Waals surface area contributed by atoms with Crippen LogP contribution in [0.25, 0.3) is 16.5 Å². The lowest BCUT2D eigenvalue weighted by Crippen LogP contribution is -2.29. The summed E-state index contributed by atoms with van der Waals surface area (Å²) in [5.74, 6) is -1.42. The maximum absolute atomic E-state index is 15.0. The summed E-state index contributed by atoms with van der Waals surface area (Å²) < 4.78 is 29.6. The molecule has 5 rings (SSSR count). The Kier molecular flexibility index (Phi) is 5.54. The molecule has 2 N–H and O–H groups in total. The van der Waals surface area contributed by atoms with Crippen LogP contribution in [-0.4, -0.2) is 39.9 Å². The highest BCUT2D eigenvalue weighted by molar-refractivity contribution is 5.92. The topological polar surface area (TPSA) is 78.1 Å². The van der Waals surface area contributed by atoms with E-state index in [-0.39, 0.29) is 28.7 Å². The molecule has 3 heterocycles. The minimum absolute atomic E-state index is 0.0844. The number of hydrogen-bond donors (Lipinski definition) is 2.